The summed E-state index contributed by atoms with van der Waals surface area (Å²) < 4.78 is 0. The molecule has 0 saturated carbocycles. The van der Waals surface area contributed by atoms with E-state index in [2.05, 4.69) is 10.2 Å². The predicted octanol–water partition coefficient (Wildman–Crippen LogP) is 1.18. The van der Waals surface area contributed by atoms with Gasteiger partial charge in [-0.05, 0) is 31.9 Å². The molecule has 114 valence electrons. The summed E-state index contributed by atoms with van der Waals surface area (Å²) in [6, 6.07) is 5.15. The monoisotopic (exact) mass is 307 g/mol. The fourth-order valence-corrected chi connectivity index (χ4v) is 2.77. The van der Waals surface area contributed by atoms with Gasteiger partial charge in [0, 0.05) is 36.8 Å². The first kappa shape index (κ1) is 15.7. The zero-order valence-electron chi connectivity index (χ0n) is 12.1. The number of phenols is 1. The molecule has 1 aliphatic rings. The van der Waals surface area contributed by atoms with Crippen molar-refractivity contribution in [3.05, 3.63) is 29.3 Å². The molecular formula is C15H21N3O2S. The Labute approximate surface area is 130 Å². The van der Waals surface area contributed by atoms with Crippen LogP contribution in [-0.2, 0) is 0 Å². The molecule has 0 spiro atoms. The van der Waals surface area contributed by atoms with E-state index in [1.54, 1.807) is 25.1 Å². The van der Waals surface area contributed by atoms with Crippen LogP contribution < -0.4 is 11.1 Å². The van der Waals surface area contributed by atoms with Crippen molar-refractivity contribution in [3.63, 3.8) is 0 Å². The molecule has 1 fully saturated rings. The molecule has 1 saturated heterocycles. The first-order valence-corrected chi connectivity index (χ1v) is 7.48. The van der Waals surface area contributed by atoms with Crippen LogP contribution in [0.4, 0.5) is 0 Å². The molecule has 1 amide bonds. The average Bonchev–Trinajstić information content (AvgIpc) is 2.43. The first-order chi connectivity index (χ1) is 9.97. The van der Waals surface area contributed by atoms with E-state index in [0.29, 0.717) is 22.7 Å². The molecule has 0 radical (unpaired) electrons. The molecule has 21 heavy (non-hydrogen) atoms. The third kappa shape index (κ3) is 4.15. The van der Waals surface area contributed by atoms with Crippen molar-refractivity contribution in [2.24, 2.45) is 5.73 Å². The zero-order valence-corrected chi connectivity index (χ0v) is 12.9. The summed E-state index contributed by atoms with van der Waals surface area (Å²) in [5.41, 5.74) is 6.68. The van der Waals surface area contributed by atoms with E-state index < -0.39 is 0 Å². The topological polar surface area (TPSA) is 78.6 Å². The standard InChI is InChI=1S/C15H21N3O2S/c1-10-12(3-2-4-13(10)19)15(20)17-11-5-7-18(8-6-11)9-14(16)21/h2-4,11,19H,5-9H2,1H3,(H2,16,21)(H,17,20). The molecule has 6 heteroatoms. The van der Waals surface area contributed by atoms with Crippen molar-refractivity contribution < 1.29 is 9.90 Å². The molecule has 0 bridgehead atoms. The second kappa shape index (κ2) is 6.87. The molecular weight excluding hydrogens is 286 g/mol. The van der Waals surface area contributed by atoms with Crippen LogP contribution in [-0.4, -0.2) is 46.6 Å². The van der Waals surface area contributed by atoms with Crippen molar-refractivity contribution in [1.29, 1.82) is 0 Å². The number of nitrogens with one attached hydrogen (secondary N) is 1. The number of hydrogen-bond donors (Lipinski definition) is 3. The normalized spacial score (nSPS) is 16.6. The van der Waals surface area contributed by atoms with Crippen LogP contribution in [0.2, 0.25) is 0 Å². The Bertz CT molecular complexity index is 540. The smallest absolute Gasteiger partial charge is 0.251 e. The maximum absolute atomic E-state index is 12.3. The van der Waals surface area contributed by atoms with E-state index in [4.69, 9.17) is 18.0 Å². The molecule has 1 aliphatic heterocycles. The van der Waals surface area contributed by atoms with Gasteiger partial charge in [0.2, 0.25) is 0 Å². The lowest BCUT2D eigenvalue weighted by Crippen LogP contribution is -2.46. The number of rotatable bonds is 4. The number of phenolic OH excluding ortho intramolecular Hbond substituents is 1. The van der Waals surface area contributed by atoms with Gasteiger partial charge in [0.15, 0.2) is 0 Å². The number of piperidine rings is 1. The summed E-state index contributed by atoms with van der Waals surface area (Å²) in [7, 11) is 0. The summed E-state index contributed by atoms with van der Waals surface area (Å²) >= 11 is 4.91. The average molecular weight is 307 g/mol. The van der Waals surface area contributed by atoms with Gasteiger partial charge in [-0.1, -0.05) is 18.3 Å². The van der Waals surface area contributed by atoms with Gasteiger partial charge in [0.05, 0.1) is 4.99 Å². The molecule has 1 aromatic carbocycles. The van der Waals surface area contributed by atoms with Gasteiger partial charge < -0.3 is 16.2 Å². The van der Waals surface area contributed by atoms with E-state index in [0.717, 1.165) is 25.9 Å². The minimum absolute atomic E-state index is 0.129. The van der Waals surface area contributed by atoms with Crippen molar-refractivity contribution in [3.8, 4) is 5.75 Å². The van der Waals surface area contributed by atoms with Gasteiger partial charge in [0.1, 0.15) is 5.75 Å². The van der Waals surface area contributed by atoms with E-state index >= 15 is 0 Å². The second-order valence-electron chi connectivity index (χ2n) is 5.44. The summed E-state index contributed by atoms with van der Waals surface area (Å²) in [4.78, 5) is 15.0. The predicted molar refractivity (Wildman–Crippen MR) is 86.6 cm³/mol. The Morgan fingerprint density at radius 1 is 1.48 bits per heavy atom. The molecule has 0 aliphatic carbocycles. The number of benzene rings is 1. The van der Waals surface area contributed by atoms with Crippen LogP contribution in [0.15, 0.2) is 18.2 Å². The SMILES string of the molecule is Cc1c(O)cccc1C(=O)NC1CCN(CC(N)=S)CC1. The highest BCUT2D eigenvalue weighted by Crippen LogP contribution is 2.20. The van der Waals surface area contributed by atoms with E-state index in [-0.39, 0.29) is 17.7 Å². The largest absolute Gasteiger partial charge is 0.508 e. The molecule has 0 aromatic heterocycles. The van der Waals surface area contributed by atoms with Crippen LogP contribution in [0.1, 0.15) is 28.8 Å². The highest BCUT2D eigenvalue weighted by molar-refractivity contribution is 7.80. The molecule has 0 unspecified atom stereocenters. The van der Waals surface area contributed by atoms with Crippen LogP contribution in [0.3, 0.4) is 0 Å². The number of nitrogens with two attached hydrogens (primary N) is 1. The van der Waals surface area contributed by atoms with Crippen LogP contribution >= 0.6 is 12.2 Å². The van der Waals surface area contributed by atoms with Crippen molar-refractivity contribution in [2.75, 3.05) is 19.6 Å². The summed E-state index contributed by atoms with van der Waals surface area (Å²) in [6.45, 7) is 4.14. The van der Waals surface area contributed by atoms with E-state index in [1.165, 1.54) is 0 Å². The summed E-state index contributed by atoms with van der Waals surface area (Å²) in [6.07, 6.45) is 1.76. The zero-order chi connectivity index (χ0) is 15.4. The molecule has 1 aromatic rings. The maximum atomic E-state index is 12.3. The van der Waals surface area contributed by atoms with Crippen LogP contribution in [0.25, 0.3) is 0 Å². The van der Waals surface area contributed by atoms with Crippen molar-refractivity contribution in [2.45, 2.75) is 25.8 Å². The minimum Gasteiger partial charge on any atom is -0.508 e. The lowest BCUT2D eigenvalue weighted by atomic mass is 10.0. The molecule has 1 heterocycles. The highest BCUT2D eigenvalue weighted by Gasteiger charge is 2.22. The number of aromatic hydroxyl groups is 1. The van der Waals surface area contributed by atoms with E-state index in [1.807, 2.05) is 0 Å². The van der Waals surface area contributed by atoms with Gasteiger partial charge >= 0.3 is 0 Å². The molecule has 2 rings (SSSR count). The number of carbonyl (C=O) groups is 1. The second-order valence-corrected chi connectivity index (χ2v) is 5.96. The number of hydrogen-bond acceptors (Lipinski definition) is 4. The lowest BCUT2D eigenvalue weighted by molar-refractivity contribution is 0.0914. The summed E-state index contributed by atoms with van der Waals surface area (Å²) in [5, 5.41) is 12.7. The van der Waals surface area contributed by atoms with Gasteiger partial charge in [-0.3, -0.25) is 9.69 Å². The quantitative estimate of drug-likeness (QED) is 0.728. The van der Waals surface area contributed by atoms with Gasteiger partial charge in [-0.25, -0.2) is 0 Å². The third-order valence-corrected chi connectivity index (χ3v) is 3.98. The van der Waals surface area contributed by atoms with Crippen LogP contribution in [0.5, 0.6) is 5.75 Å². The number of thiocarbonyl (C=S) groups is 1. The van der Waals surface area contributed by atoms with Crippen LogP contribution in [0, 0.1) is 6.92 Å². The Morgan fingerprint density at radius 2 is 2.14 bits per heavy atom. The highest BCUT2D eigenvalue weighted by atomic mass is 32.1. The fourth-order valence-electron chi connectivity index (χ4n) is 2.59. The Morgan fingerprint density at radius 3 is 2.76 bits per heavy atom. The molecule has 5 nitrogen and oxygen atoms in total. The number of amides is 1. The maximum Gasteiger partial charge on any atom is 0.251 e. The number of nitrogens with zero attached hydrogens (tertiary/aromatic N) is 1. The Balaban J connectivity index is 1.90. The van der Waals surface area contributed by atoms with Crippen molar-refractivity contribution in [1.82, 2.24) is 10.2 Å². The molecule has 0 atom stereocenters. The minimum atomic E-state index is -0.129. The van der Waals surface area contributed by atoms with Gasteiger partial charge in [-0.2, -0.15) is 0 Å². The first-order valence-electron chi connectivity index (χ1n) is 7.07. The molecule has 4 N–H and O–H groups in total. The fraction of sp³-hybridized carbons (Fsp3) is 0.467. The lowest BCUT2D eigenvalue weighted by Gasteiger charge is -2.32. The third-order valence-electron chi connectivity index (χ3n) is 3.85. The number of likely N-dealkylation sites (tertiary alicyclic amines) is 1. The van der Waals surface area contributed by atoms with Gasteiger partial charge in [0.25, 0.3) is 5.91 Å². The Hall–Kier alpha value is -1.66. The summed E-state index contributed by atoms with van der Waals surface area (Å²) in [5.74, 6) is 0.0186. The van der Waals surface area contributed by atoms with E-state index in [9.17, 15) is 9.90 Å². The van der Waals surface area contributed by atoms with Crippen molar-refractivity contribution >= 4 is 23.1 Å². The Kier molecular flexibility index (Phi) is 5.14. The van der Waals surface area contributed by atoms with Gasteiger partial charge in [-0.15, -0.1) is 0 Å². The number of carbonyl (C=O) groups excluding carboxylic acids is 1.